The van der Waals surface area contributed by atoms with Crippen LogP contribution in [0, 0.1) is 13.8 Å². The summed E-state index contributed by atoms with van der Waals surface area (Å²) in [4.78, 5) is 25.2. The molecule has 0 unspecified atom stereocenters. The van der Waals surface area contributed by atoms with E-state index in [4.69, 9.17) is 9.47 Å². The average Bonchev–Trinajstić information content (AvgIpc) is 3.11. The van der Waals surface area contributed by atoms with E-state index in [9.17, 15) is 9.59 Å². The van der Waals surface area contributed by atoms with Crippen molar-refractivity contribution >= 4 is 17.6 Å². The summed E-state index contributed by atoms with van der Waals surface area (Å²) in [5.74, 6) is 0.162. The number of benzene rings is 2. The SMILES string of the molecule is CCOC(=O)c1cc(-c2ccc(C)cc2)n(CCC(=O)Nc2ccccc2OCC)c1C. The van der Waals surface area contributed by atoms with Gasteiger partial charge in [-0.2, -0.15) is 0 Å². The van der Waals surface area contributed by atoms with Gasteiger partial charge in [-0.25, -0.2) is 4.79 Å². The van der Waals surface area contributed by atoms with Gasteiger partial charge in [-0.15, -0.1) is 0 Å². The summed E-state index contributed by atoms with van der Waals surface area (Å²) in [6.45, 7) is 8.86. The van der Waals surface area contributed by atoms with Crippen LogP contribution in [-0.2, 0) is 16.1 Å². The van der Waals surface area contributed by atoms with Crippen LogP contribution in [0.1, 0.15) is 41.9 Å². The van der Waals surface area contributed by atoms with Crippen LogP contribution in [-0.4, -0.2) is 29.7 Å². The zero-order valence-corrected chi connectivity index (χ0v) is 19.1. The maximum Gasteiger partial charge on any atom is 0.339 e. The summed E-state index contributed by atoms with van der Waals surface area (Å²) >= 11 is 0. The topological polar surface area (TPSA) is 69.6 Å². The standard InChI is InChI=1S/C26H30N2O4/c1-5-31-24-10-8-7-9-22(24)27-25(29)15-16-28-19(4)21(26(30)32-6-2)17-23(28)20-13-11-18(3)12-14-20/h7-14,17H,5-6,15-16H2,1-4H3,(H,27,29). The van der Waals surface area contributed by atoms with Crippen LogP contribution in [0.2, 0.25) is 0 Å². The average molecular weight is 435 g/mol. The number of carbonyl (C=O) groups is 2. The van der Waals surface area contributed by atoms with Gasteiger partial charge >= 0.3 is 5.97 Å². The molecule has 0 aliphatic carbocycles. The molecule has 0 saturated heterocycles. The Morgan fingerprint density at radius 3 is 2.38 bits per heavy atom. The molecule has 0 radical (unpaired) electrons. The monoisotopic (exact) mass is 434 g/mol. The third-order valence-electron chi connectivity index (χ3n) is 5.23. The summed E-state index contributed by atoms with van der Waals surface area (Å²) in [5, 5.41) is 2.93. The number of hydrogen-bond acceptors (Lipinski definition) is 4. The first-order valence-corrected chi connectivity index (χ1v) is 10.9. The molecular formula is C26H30N2O4. The third kappa shape index (κ3) is 5.38. The lowest BCUT2D eigenvalue weighted by Crippen LogP contribution is -2.16. The van der Waals surface area contributed by atoms with Crippen LogP contribution in [0.3, 0.4) is 0 Å². The van der Waals surface area contributed by atoms with Gasteiger partial charge in [-0.05, 0) is 51.5 Å². The van der Waals surface area contributed by atoms with E-state index >= 15 is 0 Å². The zero-order chi connectivity index (χ0) is 23.1. The molecular weight excluding hydrogens is 404 g/mol. The van der Waals surface area contributed by atoms with E-state index in [1.54, 1.807) is 6.92 Å². The van der Waals surface area contributed by atoms with E-state index in [-0.39, 0.29) is 18.3 Å². The molecule has 0 atom stereocenters. The van der Waals surface area contributed by atoms with E-state index in [1.807, 2.05) is 79.9 Å². The maximum atomic E-state index is 12.7. The zero-order valence-electron chi connectivity index (χ0n) is 19.1. The first kappa shape index (κ1) is 23.1. The van der Waals surface area contributed by atoms with Crippen molar-refractivity contribution in [3.8, 4) is 17.0 Å². The van der Waals surface area contributed by atoms with Gasteiger partial charge in [-0.3, -0.25) is 4.79 Å². The van der Waals surface area contributed by atoms with Gasteiger partial charge in [0.25, 0.3) is 0 Å². The second-order valence-corrected chi connectivity index (χ2v) is 7.49. The molecule has 1 heterocycles. The first-order chi connectivity index (χ1) is 15.4. The fourth-order valence-corrected chi connectivity index (χ4v) is 3.59. The Morgan fingerprint density at radius 2 is 1.69 bits per heavy atom. The fourth-order valence-electron chi connectivity index (χ4n) is 3.59. The van der Waals surface area contributed by atoms with Crippen molar-refractivity contribution in [2.75, 3.05) is 18.5 Å². The third-order valence-corrected chi connectivity index (χ3v) is 5.23. The second-order valence-electron chi connectivity index (χ2n) is 7.49. The molecule has 0 aliphatic heterocycles. The molecule has 6 heteroatoms. The minimum atomic E-state index is -0.354. The molecule has 0 fully saturated rings. The molecule has 3 aromatic rings. The summed E-state index contributed by atoms with van der Waals surface area (Å²) in [7, 11) is 0. The van der Waals surface area contributed by atoms with Crippen molar-refractivity contribution in [2.45, 2.75) is 40.7 Å². The number of para-hydroxylation sites is 2. The molecule has 3 rings (SSSR count). The predicted octanol–water partition coefficient (Wildman–Crippen LogP) is 5.38. The van der Waals surface area contributed by atoms with Gasteiger partial charge in [0.15, 0.2) is 0 Å². The number of carbonyl (C=O) groups excluding carboxylic acids is 2. The Hall–Kier alpha value is -3.54. The Balaban J connectivity index is 1.84. The fraction of sp³-hybridized carbons (Fsp3) is 0.308. The number of ether oxygens (including phenoxy) is 2. The van der Waals surface area contributed by atoms with Crippen LogP contribution in [0.25, 0.3) is 11.3 Å². The summed E-state index contributed by atoms with van der Waals surface area (Å²) in [6, 6.07) is 17.3. The summed E-state index contributed by atoms with van der Waals surface area (Å²) in [6.07, 6.45) is 0.247. The summed E-state index contributed by atoms with van der Waals surface area (Å²) < 4.78 is 12.8. The highest BCUT2D eigenvalue weighted by Crippen LogP contribution is 2.28. The van der Waals surface area contributed by atoms with E-state index < -0.39 is 0 Å². The molecule has 2 aromatic carbocycles. The van der Waals surface area contributed by atoms with Crippen LogP contribution in [0.5, 0.6) is 5.75 Å². The Kier molecular flexibility index (Phi) is 7.71. The Morgan fingerprint density at radius 1 is 0.969 bits per heavy atom. The smallest absolute Gasteiger partial charge is 0.339 e. The molecule has 168 valence electrons. The summed E-state index contributed by atoms with van der Waals surface area (Å²) in [5.41, 5.74) is 4.96. The molecule has 1 aromatic heterocycles. The molecule has 0 bridgehead atoms. The van der Waals surface area contributed by atoms with Gasteiger partial charge in [0.05, 0.1) is 24.5 Å². The number of anilines is 1. The number of rotatable bonds is 9. The van der Waals surface area contributed by atoms with E-state index in [0.29, 0.717) is 36.8 Å². The largest absolute Gasteiger partial charge is 0.492 e. The van der Waals surface area contributed by atoms with Gasteiger partial charge in [0.2, 0.25) is 5.91 Å². The van der Waals surface area contributed by atoms with Crippen LogP contribution in [0.15, 0.2) is 54.6 Å². The normalized spacial score (nSPS) is 10.6. The quantitative estimate of drug-likeness (QED) is 0.459. The number of aryl methyl sites for hydroxylation is 1. The van der Waals surface area contributed by atoms with Crippen molar-refractivity contribution in [1.29, 1.82) is 0 Å². The molecule has 1 amide bonds. The number of nitrogens with zero attached hydrogens (tertiary/aromatic N) is 1. The molecule has 6 nitrogen and oxygen atoms in total. The Bertz CT molecular complexity index is 1080. The molecule has 0 aliphatic rings. The van der Waals surface area contributed by atoms with Crippen molar-refractivity contribution in [1.82, 2.24) is 4.57 Å². The van der Waals surface area contributed by atoms with Crippen LogP contribution in [0.4, 0.5) is 5.69 Å². The first-order valence-electron chi connectivity index (χ1n) is 10.9. The van der Waals surface area contributed by atoms with Crippen molar-refractivity contribution < 1.29 is 19.1 Å². The van der Waals surface area contributed by atoms with Crippen LogP contribution < -0.4 is 10.1 Å². The van der Waals surface area contributed by atoms with Gasteiger partial charge in [0, 0.05) is 24.4 Å². The van der Waals surface area contributed by atoms with E-state index in [1.165, 1.54) is 0 Å². The Labute approximate surface area is 189 Å². The van der Waals surface area contributed by atoms with Gasteiger partial charge in [-0.1, -0.05) is 42.0 Å². The lowest BCUT2D eigenvalue weighted by atomic mass is 10.1. The number of esters is 1. The number of amides is 1. The molecule has 0 spiro atoms. The van der Waals surface area contributed by atoms with Crippen LogP contribution >= 0.6 is 0 Å². The molecule has 0 saturated carbocycles. The minimum absolute atomic E-state index is 0.127. The predicted molar refractivity (Wildman–Crippen MR) is 126 cm³/mol. The van der Waals surface area contributed by atoms with E-state index in [2.05, 4.69) is 5.32 Å². The highest BCUT2D eigenvalue weighted by molar-refractivity contribution is 5.93. The second kappa shape index (κ2) is 10.7. The lowest BCUT2D eigenvalue weighted by molar-refractivity contribution is -0.116. The van der Waals surface area contributed by atoms with Crippen molar-refractivity contribution in [3.05, 3.63) is 71.4 Å². The van der Waals surface area contributed by atoms with Crippen molar-refractivity contribution in [2.24, 2.45) is 0 Å². The lowest BCUT2D eigenvalue weighted by Gasteiger charge is -2.14. The highest BCUT2D eigenvalue weighted by atomic mass is 16.5. The highest BCUT2D eigenvalue weighted by Gasteiger charge is 2.20. The number of nitrogens with one attached hydrogen (secondary N) is 1. The van der Waals surface area contributed by atoms with Gasteiger partial charge in [0.1, 0.15) is 5.75 Å². The van der Waals surface area contributed by atoms with Gasteiger partial charge < -0.3 is 19.4 Å². The number of aromatic nitrogens is 1. The minimum Gasteiger partial charge on any atom is -0.492 e. The maximum absolute atomic E-state index is 12.7. The molecule has 32 heavy (non-hydrogen) atoms. The molecule has 1 N–H and O–H groups in total. The number of hydrogen-bond donors (Lipinski definition) is 1. The van der Waals surface area contributed by atoms with E-state index in [0.717, 1.165) is 22.5 Å². The van der Waals surface area contributed by atoms with Crippen molar-refractivity contribution in [3.63, 3.8) is 0 Å².